The van der Waals surface area contributed by atoms with Gasteiger partial charge >= 0.3 is 0 Å². The second-order valence-corrected chi connectivity index (χ2v) is 3.39. The molecule has 0 heterocycles. The van der Waals surface area contributed by atoms with Gasteiger partial charge in [-0.15, -0.1) is 0 Å². The van der Waals surface area contributed by atoms with E-state index in [0.717, 1.165) is 0 Å². The van der Waals surface area contributed by atoms with Crippen LogP contribution in [0.4, 0.5) is 8.78 Å². The standard InChI is InChI=1S/C8H13F2NO2/c1-2-6(12)7(13)11-5-3-8(9,10)4-5/h5-6,12H,2-4H2,1H3,(H,11,13). The number of amides is 1. The summed E-state index contributed by atoms with van der Waals surface area (Å²) in [6, 6.07) is -0.469. The molecule has 0 radical (unpaired) electrons. The van der Waals surface area contributed by atoms with Crippen LogP contribution >= 0.6 is 0 Å². The lowest BCUT2D eigenvalue weighted by Gasteiger charge is -2.35. The molecule has 13 heavy (non-hydrogen) atoms. The van der Waals surface area contributed by atoms with Crippen molar-refractivity contribution in [2.45, 2.75) is 44.3 Å². The summed E-state index contributed by atoms with van der Waals surface area (Å²) in [6.07, 6.45) is -1.39. The first-order valence-corrected chi connectivity index (χ1v) is 4.31. The SMILES string of the molecule is CCC(O)C(=O)NC1CC(F)(F)C1. The van der Waals surface area contributed by atoms with E-state index >= 15 is 0 Å². The lowest BCUT2D eigenvalue weighted by atomic mass is 9.88. The van der Waals surface area contributed by atoms with Gasteiger partial charge in [-0.25, -0.2) is 8.78 Å². The normalized spacial score (nSPS) is 23.4. The van der Waals surface area contributed by atoms with Gasteiger partial charge in [0, 0.05) is 18.9 Å². The van der Waals surface area contributed by atoms with Gasteiger partial charge < -0.3 is 10.4 Å². The molecule has 3 nitrogen and oxygen atoms in total. The molecule has 76 valence electrons. The molecule has 1 aliphatic rings. The van der Waals surface area contributed by atoms with Crippen LogP contribution in [0, 0.1) is 0 Å². The lowest BCUT2D eigenvalue weighted by Crippen LogP contribution is -2.52. The van der Waals surface area contributed by atoms with Crippen LogP contribution in [0.2, 0.25) is 0 Å². The number of hydrogen-bond acceptors (Lipinski definition) is 2. The number of hydrogen-bond donors (Lipinski definition) is 2. The Morgan fingerprint density at radius 3 is 2.62 bits per heavy atom. The minimum absolute atomic E-state index is 0.301. The monoisotopic (exact) mass is 193 g/mol. The summed E-state index contributed by atoms with van der Waals surface area (Å²) in [4.78, 5) is 11.0. The van der Waals surface area contributed by atoms with Gasteiger partial charge in [0.15, 0.2) is 0 Å². The van der Waals surface area contributed by atoms with Crippen LogP contribution in [-0.2, 0) is 4.79 Å². The van der Waals surface area contributed by atoms with Crippen LogP contribution in [0.3, 0.4) is 0 Å². The van der Waals surface area contributed by atoms with Crippen molar-refractivity contribution in [3.05, 3.63) is 0 Å². The predicted octanol–water partition coefficient (Wildman–Crippen LogP) is 0.671. The Bertz CT molecular complexity index is 200. The fraction of sp³-hybridized carbons (Fsp3) is 0.875. The first-order valence-electron chi connectivity index (χ1n) is 4.31. The van der Waals surface area contributed by atoms with Crippen molar-refractivity contribution in [3.8, 4) is 0 Å². The van der Waals surface area contributed by atoms with E-state index in [2.05, 4.69) is 5.32 Å². The molecule has 1 saturated carbocycles. The third-order valence-corrected chi connectivity index (χ3v) is 2.13. The number of nitrogens with one attached hydrogen (secondary N) is 1. The minimum Gasteiger partial charge on any atom is -0.383 e. The molecule has 1 amide bonds. The van der Waals surface area contributed by atoms with E-state index < -0.39 is 24.0 Å². The van der Waals surface area contributed by atoms with Gasteiger partial charge in [-0.1, -0.05) is 6.92 Å². The van der Waals surface area contributed by atoms with Crippen LogP contribution < -0.4 is 5.32 Å². The van der Waals surface area contributed by atoms with Crippen LogP contribution in [-0.4, -0.2) is 29.1 Å². The molecule has 0 spiro atoms. The zero-order valence-electron chi connectivity index (χ0n) is 7.39. The van der Waals surface area contributed by atoms with E-state index in [-0.39, 0.29) is 12.8 Å². The number of halogens is 2. The number of carbonyl (C=O) groups is 1. The largest absolute Gasteiger partial charge is 0.383 e. The van der Waals surface area contributed by atoms with Crippen molar-refractivity contribution in [3.63, 3.8) is 0 Å². The Balaban J connectivity index is 2.24. The molecule has 0 aliphatic heterocycles. The van der Waals surface area contributed by atoms with Crippen molar-refractivity contribution in [1.29, 1.82) is 0 Å². The van der Waals surface area contributed by atoms with Gasteiger partial charge in [-0.05, 0) is 6.42 Å². The van der Waals surface area contributed by atoms with E-state index in [0.29, 0.717) is 6.42 Å². The van der Waals surface area contributed by atoms with Gasteiger partial charge in [0.05, 0.1) is 0 Å². The summed E-state index contributed by atoms with van der Waals surface area (Å²) < 4.78 is 24.6. The number of carbonyl (C=O) groups excluding carboxylic acids is 1. The summed E-state index contributed by atoms with van der Waals surface area (Å²) in [5.74, 6) is -3.18. The maximum Gasteiger partial charge on any atom is 0.252 e. The number of alkyl halides is 2. The van der Waals surface area contributed by atoms with Crippen molar-refractivity contribution in [2.24, 2.45) is 0 Å². The maximum absolute atomic E-state index is 12.3. The molecular weight excluding hydrogens is 180 g/mol. The first-order chi connectivity index (χ1) is 5.94. The van der Waals surface area contributed by atoms with E-state index in [1.807, 2.05) is 0 Å². The minimum atomic E-state index is -2.63. The average Bonchev–Trinajstić information content (AvgIpc) is 1.99. The van der Waals surface area contributed by atoms with Gasteiger partial charge in [0.2, 0.25) is 5.91 Å². The second-order valence-electron chi connectivity index (χ2n) is 3.39. The zero-order valence-corrected chi connectivity index (χ0v) is 7.39. The summed E-state index contributed by atoms with van der Waals surface area (Å²) in [5, 5.41) is 11.4. The second kappa shape index (κ2) is 3.57. The topological polar surface area (TPSA) is 49.3 Å². The molecule has 0 bridgehead atoms. The molecule has 0 aromatic heterocycles. The summed E-state index contributed by atoms with van der Waals surface area (Å²) >= 11 is 0. The fourth-order valence-corrected chi connectivity index (χ4v) is 1.25. The number of rotatable bonds is 3. The highest BCUT2D eigenvalue weighted by Gasteiger charge is 2.46. The Kier molecular flexibility index (Phi) is 2.85. The third-order valence-electron chi connectivity index (χ3n) is 2.13. The lowest BCUT2D eigenvalue weighted by molar-refractivity contribution is -0.136. The van der Waals surface area contributed by atoms with Gasteiger partial charge in [-0.3, -0.25) is 4.79 Å². The summed E-state index contributed by atoms with van der Waals surface area (Å²) in [7, 11) is 0. The first kappa shape index (κ1) is 10.4. The Labute approximate surface area is 75.1 Å². The third kappa shape index (κ3) is 2.62. The van der Waals surface area contributed by atoms with E-state index in [1.165, 1.54) is 0 Å². The highest BCUT2D eigenvalue weighted by atomic mass is 19.3. The summed E-state index contributed by atoms with van der Waals surface area (Å²) in [5.41, 5.74) is 0. The van der Waals surface area contributed by atoms with E-state index in [1.54, 1.807) is 6.92 Å². The smallest absolute Gasteiger partial charge is 0.252 e. The summed E-state index contributed by atoms with van der Waals surface area (Å²) in [6.45, 7) is 1.65. The molecule has 5 heteroatoms. The fourth-order valence-electron chi connectivity index (χ4n) is 1.25. The number of aliphatic hydroxyl groups excluding tert-OH is 1. The van der Waals surface area contributed by atoms with Crippen LogP contribution in [0.1, 0.15) is 26.2 Å². The van der Waals surface area contributed by atoms with E-state index in [4.69, 9.17) is 5.11 Å². The number of aliphatic hydroxyl groups is 1. The highest BCUT2D eigenvalue weighted by molar-refractivity contribution is 5.80. The Morgan fingerprint density at radius 1 is 1.69 bits per heavy atom. The molecule has 1 rings (SSSR count). The molecule has 0 aromatic carbocycles. The maximum atomic E-state index is 12.3. The van der Waals surface area contributed by atoms with Crippen LogP contribution in [0.5, 0.6) is 0 Å². The van der Waals surface area contributed by atoms with Crippen molar-refractivity contribution >= 4 is 5.91 Å². The van der Waals surface area contributed by atoms with Crippen LogP contribution in [0.25, 0.3) is 0 Å². The molecule has 1 atom stereocenters. The van der Waals surface area contributed by atoms with Crippen molar-refractivity contribution in [1.82, 2.24) is 5.32 Å². The van der Waals surface area contributed by atoms with Gasteiger partial charge in [0.25, 0.3) is 5.92 Å². The van der Waals surface area contributed by atoms with Crippen molar-refractivity contribution in [2.75, 3.05) is 0 Å². The average molecular weight is 193 g/mol. The quantitative estimate of drug-likeness (QED) is 0.692. The highest BCUT2D eigenvalue weighted by Crippen LogP contribution is 2.37. The molecule has 2 N–H and O–H groups in total. The molecular formula is C8H13F2NO2. The Morgan fingerprint density at radius 2 is 2.23 bits per heavy atom. The molecule has 1 unspecified atom stereocenters. The van der Waals surface area contributed by atoms with Crippen LogP contribution in [0.15, 0.2) is 0 Å². The van der Waals surface area contributed by atoms with Gasteiger partial charge in [0.1, 0.15) is 6.10 Å². The molecule has 1 aliphatic carbocycles. The Hall–Kier alpha value is -0.710. The zero-order chi connectivity index (χ0) is 10.1. The molecule has 0 aromatic rings. The van der Waals surface area contributed by atoms with E-state index in [9.17, 15) is 13.6 Å². The van der Waals surface area contributed by atoms with Crippen molar-refractivity contribution < 1.29 is 18.7 Å². The van der Waals surface area contributed by atoms with Gasteiger partial charge in [-0.2, -0.15) is 0 Å². The predicted molar refractivity (Wildman–Crippen MR) is 42.4 cm³/mol. The molecule has 0 saturated heterocycles. The molecule has 1 fully saturated rings.